The van der Waals surface area contributed by atoms with E-state index in [1.165, 1.54) is 0 Å². The molecule has 1 atom stereocenters. The van der Waals surface area contributed by atoms with Crippen molar-refractivity contribution in [1.29, 1.82) is 0 Å². The molecular weight excluding hydrogens is 262 g/mol. The minimum absolute atomic E-state index is 0.0440. The molecule has 0 bridgehead atoms. The van der Waals surface area contributed by atoms with Crippen molar-refractivity contribution < 1.29 is 14.3 Å². The predicted octanol–water partition coefficient (Wildman–Crippen LogP) is 1.68. The average Bonchev–Trinajstić information content (AvgIpc) is 2.20. The number of amides is 1. The third-order valence-electron chi connectivity index (χ3n) is 2.05. The Kier molecular flexibility index (Phi) is 9.04. The SMILES string of the molecule is COC(OC)C(C)NC(=O)CCCCBr. The highest BCUT2D eigenvalue weighted by molar-refractivity contribution is 9.09. The summed E-state index contributed by atoms with van der Waals surface area (Å²) in [4.78, 5) is 11.4. The lowest BCUT2D eigenvalue weighted by Crippen LogP contribution is -2.42. The van der Waals surface area contributed by atoms with Crippen LogP contribution in [0.15, 0.2) is 0 Å². The topological polar surface area (TPSA) is 47.6 Å². The van der Waals surface area contributed by atoms with Crippen molar-refractivity contribution in [2.45, 2.75) is 38.5 Å². The summed E-state index contributed by atoms with van der Waals surface area (Å²) < 4.78 is 10.1. The molecule has 4 nitrogen and oxygen atoms in total. The third-order valence-corrected chi connectivity index (χ3v) is 2.61. The number of methoxy groups -OCH3 is 2. The molecule has 15 heavy (non-hydrogen) atoms. The Bertz CT molecular complexity index is 174. The molecule has 0 aliphatic carbocycles. The molecule has 0 rings (SSSR count). The fourth-order valence-corrected chi connectivity index (χ4v) is 1.68. The standard InChI is InChI=1S/C10H20BrNO3/c1-8(10(14-2)15-3)12-9(13)6-4-5-7-11/h8,10H,4-7H2,1-3H3,(H,12,13). The molecule has 0 fully saturated rings. The molecule has 0 aliphatic rings. The normalized spacial score (nSPS) is 12.9. The third kappa shape index (κ3) is 6.87. The highest BCUT2D eigenvalue weighted by Gasteiger charge is 2.17. The molecule has 0 aromatic heterocycles. The number of hydrogen-bond acceptors (Lipinski definition) is 3. The molecule has 0 aliphatic heterocycles. The first-order valence-corrected chi connectivity index (χ1v) is 6.18. The van der Waals surface area contributed by atoms with Gasteiger partial charge in [0.15, 0.2) is 6.29 Å². The van der Waals surface area contributed by atoms with Crippen LogP contribution in [-0.2, 0) is 14.3 Å². The number of carbonyl (C=O) groups excluding carboxylic acids is 1. The smallest absolute Gasteiger partial charge is 0.220 e. The van der Waals surface area contributed by atoms with Crippen LogP contribution in [0.4, 0.5) is 0 Å². The van der Waals surface area contributed by atoms with E-state index in [4.69, 9.17) is 9.47 Å². The molecular formula is C10H20BrNO3. The summed E-state index contributed by atoms with van der Waals surface area (Å²) in [7, 11) is 3.11. The van der Waals surface area contributed by atoms with Crippen LogP contribution >= 0.6 is 15.9 Å². The van der Waals surface area contributed by atoms with E-state index in [0.717, 1.165) is 18.2 Å². The summed E-state index contributed by atoms with van der Waals surface area (Å²) in [6.07, 6.45) is 2.08. The molecule has 1 amide bonds. The van der Waals surface area contributed by atoms with E-state index in [0.29, 0.717) is 6.42 Å². The summed E-state index contributed by atoms with van der Waals surface area (Å²) in [5.41, 5.74) is 0. The maximum Gasteiger partial charge on any atom is 0.220 e. The van der Waals surface area contributed by atoms with Gasteiger partial charge < -0.3 is 14.8 Å². The highest BCUT2D eigenvalue weighted by atomic mass is 79.9. The minimum Gasteiger partial charge on any atom is -0.354 e. The Morgan fingerprint density at radius 2 is 1.93 bits per heavy atom. The zero-order chi connectivity index (χ0) is 11.7. The average molecular weight is 282 g/mol. The van der Waals surface area contributed by atoms with Gasteiger partial charge in [0, 0.05) is 26.0 Å². The molecule has 0 saturated heterocycles. The van der Waals surface area contributed by atoms with E-state index in [1.807, 2.05) is 6.92 Å². The van der Waals surface area contributed by atoms with Crippen LogP contribution in [0.2, 0.25) is 0 Å². The molecule has 1 N–H and O–H groups in total. The van der Waals surface area contributed by atoms with Crippen LogP contribution < -0.4 is 5.32 Å². The molecule has 0 spiro atoms. The summed E-state index contributed by atoms with van der Waals surface area (Å²) in [5, 5.41) is 3.78. The van der Waals surface area contributed by atoms with E-state index in [9.17, 15) is 4.79 Å². The number of ether oxygens (including phenoxy) is 2. The lowest BCUT2D eigenvalue weighted by atomic mass is 10.2. The van der Waals surface area contributed by atoms with Gasteiger partial charge in [0.1, 0.15) is 0 Å². The van der Waals surface area contributed by atoms with Crippen molar-refractivity contribution in [3.05, 3.63) is 0 Å². The zero-order valence-electron chi connectivity index (χ0n) is 9.59. The van der Waals surface area contributed by atoms with Crippen molar-refractivity contribution in [3.8, 4) is 0 Å². The number of unbranched alkanes of at least 4 members (excludes halogenated alkanes) is 1. The van der Waals surface area contributed by atoms with Crippen LogP contribution in [0.1, 0.15) is 26.2 Å². The Balaban J connectivity index is 3.74. The van der Waals surface area contributed by atoms with Gasteiger partial charge in [-0.15, -0.1) is 0 Å². The van der Waals surface area contributed by atoms with Gasteiger partial charge in [0.25, 0.3) is 0 Å². The van der Waals surface area contributed by atoms with Crippen LogP contribution in [-0.4, -0.2) is 37.8 Å². The van der Waals surface area contributed by atoms with Gasteiger partial charge in [0.05, 0.1) is 6.04 Å². The lowest BCUT2D eigenvalue weighted by molar-refractivity contribution is -0.135. The maximum absolute atomic E-state index is 11.4. The summed E-state index contributed by atoms with van der Waals surface area (Å²) >= 11 is 3.32. The Morgan fingerprint density at radius 1 is 1.33 bits per heavy atom. The van der Waals surface area contributed by atoms with Crippen LogP contribution in [0.3, 0.4) is 0 Å². The van der Waals surface area contributed by atoms with Crippen LogP contribution in [0, 0.1) is 0 Å². The van der Waals surface area contributed by atoms with Gasteiger partial charge in [-0.1, -0.05) is 15.9 Å². The van der Waals surface area contributed by atoms with E-state index < -0.39 is 0 Å². The lowest BCUT2D eigenvalue weighted by Gasteiger charge is -2.22. The van der Waals surface area contributed by atoms with Crippen molar-refractivity contribution in [3.63, 3.8) is 0 Å². The van der Waals surface area contributed by atoms with Crippen LogP contribution in [0.5, 0.6) is 0 Å². The Hall–Kier alpha value is -0.130. The van der Waals surface area contributed by atoms with Gasteiger partial charge in [-0.05, 0) is 19.8 Å². The molecule has 0 radical (unpaired) electrons. The highest BCUT2D eigenvalue weighted by Crippen LogP contribution is 2.02. The van der Waals surface area contributed by atoms with Crippen molar-refractivity contribution >= 4 is 21.8 Å². The second-order valence-electron chi connectivity index (χ2n) is 3.34. The number of halogens is 1. The van der Waals surface area contributed by atoms with Gasteiger partial charge >= 0.3 is 0 Å². The van der Waals surface area contributed by atoms with E-state index in [2.05, 4.69) is 21.2 Å². The predicted molar refractivity (Wildman–Crippen MR) is 63.1 cm³/mol. The number of carbonyl (C=O) groups is 1. The zero-order valence-corrected chi connectivity index (χ0v) is 11.2. The number of alkyl halides is 1. The fourth-order valence-electron chi connectivity index (χ4n) is 1.28. The van der Waals surface area contributed by atoms with Gasteiger partial charge in [-0.3, -0.25) is 4.79 Å². The van der Waals surface area contributed by atoms with E-state index in [-0.39, 0.29) is 18.2 Å². The number of hydrogen-bond donors (Lipinski definition) is 1. The first kappa shape index (κ1) is 14.9. The fraction of sp³-hybridized carbons (Fsp3) is 0.900. The Labute approximate surface area is 99.8 Å². The van der Waals surface area contributed by atoms with Gasteiger partial charge in [-0.2, -0.15) is 0 Å². The Morgan fingerprint density at radius 3 is 2.40 bits per heavy atom. The second kappa shape index (κ2) is 9.12. The van der Waals surface area contributed by atoms with E-state index >= 15 is 0 Å². The maximum atomic E-state index is 11.4. The first-order chi connectivity index (χ1) is 7.15. The molecule has 0 saturated carbocycles. The molecule has 1 unspecified atom stereocenters. The quantitative estimate of drug-likeness (QED) is 0.418. The monoisotopic (exact) mass is 281 g/mol. The second-order valence-corrected chi connectivity index (χ2v) is 4.14. The molecule has 0 aromatic rings. The van der Waals surface area contributed by atoms with E-state index in [1.54, 1.807) is 14.2 Å². The van der Waals surface area contributed by atoms with Gasteiger partial charge in [0.2, 0.25) is 5.91 Å². The van der Waals surface area contributed by atoms with Crippen LogP contribution in [0.25, 0.3) is 0 Å². The van der Waals surface area contributed by atoms with Crippen molar-refractivity contribution in [2.75, 3.05) is 19.5 Å². The number of nitrogens with one attached hydrogen (secondary N) is 1. The first-order valence-electron chi connectivity index (χ1n) is 5.06. The van der Waals surface area contributed by atoms with Gasteiger partial charge in [-0.25, -0.2) is 0 Å². The molecule has 5 heteroatoms. The molecule has 0 aromatic carbocycles. The molecule has 90 valence electrons. The number of rotatable bonds is 8. The molecule has 0 heterocycles. The largest absolute Gasteiger partial charge is 0.354 e. The summed E-state index contributed by atoms with van der Waals surface area (Å²) in [6, 6.07) is -0.128. The van der Waals surface area contributed by atoms with Crippen molar-refractivity contribution in [2.24, 2.45) is 0 Å². The minimum atomic E-state index is -0.384. The summed E-state index contributed by atoms with van der Waals surface area (Å²) in [6.45, 7) is 1.86. The summed E-state index contributed by atoms with van der Waals surface area (Å²) in [5.74, 6) is 0.0440. The van der Waals surface area contributed by atoms with Crippen molar-refractivity contribution in [1.82, 2.24) is 5.32 Å².